The molecule has 0 bridgehead atoms. The number of methoxy groups -OCH3 is 1. The minimum atomic E-state index is -3.59. The molecule has 0 radical (unpaired) electrons. The molecule has 1 amide bonds. The van der Waals surface area contributed by atoms with E-state index in [0.717, 1.165) is 29.8 Å². The number of benzene rings is 1. The summed E-state index contributed by atoms with van der Waals surface area (Å²) in [7, 11) is -0.246. The Morgan fingerprint density at radius 1 is 1.18 bits per heavy atom. The molecular formula is C23H29N3O5S2. The van der Waals surface area contributed by atoms with Crippen molar-refractivity contribution in [2.45, 2.75) is 37.6 Å². The number of sulfonamides is 1. The minimum Gasteiger partial charge on any atom is -0.465 e. The Morgan fingerprint density at radius 3 is 2.58 bits per heavy atom. The van der Waals surface area contributed by atoms with Crippen LogP contribution in [0, 0.1) is 5.92 Å². The molecule has 0 spiro atoms. The van der Waals surface area contributed by atoms with Gasteiger partial charge in [-0.1, -0.05) is 6.92 Å². The summed E-state index contributed by atoms with van der Waals surface area (Å²) in [6.45, 7) is 4.62. The molecule has 0 aliphatic carbocycles. The summed E-state index contributed by atoms with van der Waals surface area (Å²) in [5.41, 5.74) is 1.66. The molecule has 8 nitrogen and oxygen atoms in total. The van der Waals surface area contributed by atoms with Crippen LogP contribution in [0.25, 0.3) is 0 Å². The van der Waals surface area contributed by atoms with Gasteiger partial charge in [0.1, 0.15) is 5.00 Å². The maximum absolute atomic E-state index is 13.0. The molecule has 178 valence electrons. The highest BCUT2D eigenvalue weighted by molar-refractivity contribution is 7.89. The molecule has 2 aromatic rings. The number of piperidine rings is 1. The van der Waals surface area contributed by atoms with Gasteiger partial charge >= 0.3 is 5.97 Å². The van der Waals surface area contributed by atoms with E-state index in [2.05, 4.69) is 17.1 Å². The molecule has 1 aromatic heterocycles. The van der Waals surface area contributed by atoms with Crippen molar-refractivity contribution in [1.29, 1.82) is 0 Å². The quantitative estimate of drug-likeness (QED) is 0.646. The standard InChI is InChI=1S/C23H29N3O5S2/c1-15-5-4-11-26(13-15)33(29,30)17-8-6-16(7-9-17)21(27)24-22-20(23(28)31-3)18-10-12-25(2)14-19(18)32-22/h6-9,15H,4-5,10-14H2,1-3H3,(H,24,27). The van der Waals surface area contributed by atoms with Gasteiger partial charge in [0.25, 0.3) is 5.91 Å². The lowest BCUT2D eigenvalue weighted by molar-refractivity contribution is 0.0600. The van der Waals surface area contributed by atoms with E-state index in [9.17, 15) is 18.0 Å². The van der Waals surface area contributed by atoms with Crippen LogP contribution in [-0.4, -0.2) is 63.3 Å². The van der Waals surface area contributed by atoms with Gasteiger partial charge < -0.3 is 15.0 Å². The average Bonchev–Trinajstić information content (AvgIpc) is 3.15. The molecule has 2 aliphatic heterocycles. The summed E-state index contributed by atoms with van der Waals surface area (Å²) in [6.07, 6.45) is 2.59. The normalized spacial score (nSPS) is 19.7. The Balaban J connectivity index is 1.55. The van der Waals surface area contributed by atoms with E-state index in [1.165, 1.54) is 47.0 Å². The third-order valence-electron chi connectivity index (χ3n) is 6.24. The molecule has 1 atom stereocenters. The molecule has 1 saturated heterocycles. The first kappa shape index (κ1) is 23.9. The second kappa shape index (κ2) is 9.54. The van der Waals surface area contributed by atoms with Crippen LogP contribution in [0.2, 0.25) is 0 Å². The number of rotatable bonds is 5. The van der Waals surface area contributed by atoms with E-state index in [1.54, 1.807) is 0 Å². The number of nitrogens with zero attached hydrogens (tertiary/aromatic N) is 2. The summed E-state index contributed by atoms with van der Waals surface area (Å²) in [5, 5.41) is 3.31. The number of amides is 1. The summed E-state index contributed by atoms with van der Waals surface area (Å²) >= 11 is 1.38. The van der Waals surface area contributed by atoms with Crippen molar-refractivity contribution in [2.75, 3.05) is 39.1 Å². The fourth-order valence-electron chi connectivity index (χ4n) is 4.40. The van der Waals surface area contributed by atoms with Crippen molar-refractivity contribution in [2.24, 2.45) is 5.92 Å². The molecule has 2 aliphatic rings. The molecule has 3 heterocycles. The van der Waals surface area contributed by atoms with Crippen LogP contribution < -0.4 is 5.32 Å². The van der Waals surface area contributed by atoms with Gasteiger partial charge in [-0.2, -0.15) is 4.31 Å². The second-order valence-corrected chi connectivity index (χ2v) is 11.8. The maximum atomic E-state index is 13.0. The zero-order chi connectivity index (χ0) is 23.8. The van der Waals surface area contributed by atoms with Gasteiger partial charge in [0.2, 0.25) is 10.0 Å². The lowest BCUT2D eigenvalue weighted by atomic mass is 10.0. The predicted molar refractivity (Wildman–Crippen MR) is 127 cm³/mol. The van der Waals surface area contributed by atoms with Crippen molar-refractivity contribution in [3.05, 3.63) is 45.8 Å². The Kier molecular flexibility index (Phi) is 6.90. The Bertz CT molecular complexity index is 1160. The van der Waals surface area contributed by atoms with E-state index in [0.29, 0.717) is 48.1 Å². The summed E-state index contributed by atoms with van der Waals surface area (Å²) in [6, 6.07) is 5.96. The third-order valence-corrected chi connectivity index (χ3v) is 9.25. The van der Waals surface area contributed by atoms with Crippen molar-refractivity contribution in [3.63, 3.8) is 0 Å². The number of nitrogens with one attached hydrogen (secondary N) is 1. The number of anilines is 1. The first-order valence-corrected chi connectivity index (χ1v) is 13.3. The molecule has 10 heteroatoms. The van der Waals surface area contributed by atoms with Crippen molar-refractivity contribution >= 4 is 38.2 Å². The lowest BCUT2D eigenvalue weighted by Gasteiger charge is -2.30. The number of likely N-dealkylation sites (N-methyl/N-ethyl adjacent to an activating group) is 1. The molecule has 4 rings (SSSR count). The van der Waals surface area contributed by atoms with Crippen LogP contribution in [0.4, 0.5) is 5.00 Å². The van der Waals surface area contributed by atoms with Gasteiger partial charge in [-0.15, -0.1) is 11.3 Å². The summed E-state index contributed by atoms with van der Waals surface area (Å²) < 4.78 is 32.4. The van der Waals surface area contributed by atoms with Gasteiger partial charge in [0.05, 0.1) is 17.6 Å². The zero-order valence-electron chi connectivity index (χ0n) is 19.1. The molecule has 0 saturated carbocycles. The first-order valence-electron chi connectivity index (χ1n) is 11.0. The average molecular weight is 492 g/mol. The molecule has 1 unspecified atom stereocenters. The highest BCUT2D eigenvalue weighted by atomic mass is 32.2. The minimum absolute atomic E-state index is 0.179. The first-order chi connectivity index (χ1) is 15.7. The van der Waals surface area contributed by atoms with Crippen LogP contribution in [-0.2, 0) is 27.7 Å². The molecule has 1 N–H and O–H groups in total. The van der Waals surface area contributed by atoms with Crippen molar-refractivity contribution in [3.8, 4) is 0 Å². The van der Waals surface area contributed by atoms with Crippen molar-refractivity contribution in [1.82, 2.24) is 9.21 Å². The number of hydrogen-bond donors (Lipinski definition) is 1. The number of ether oxygens (including phenoxy) is 1. The Morgan fingerprint density at radius 2 is 1.91 bits per heavy atom. The van der Waals surface area contributed by atoms with E-state index in [-0.39, 0.29) is 4.90 Å². The summed E-state index contributed by atoms with van der Waals surface area (Å²) in [5.74, 6) is -0.536. The summed E-state index contributed by atoms with van der Waals surface area (Å²) in [4.78, 5) is 28.8. The molecule has 1 fully saturated rings. The highest BCUT2D eigenvalue weighted by Gasteiger charge is 2.30. The largest absolute Gasteiger partial charge is 0.465 e. The fraction of sp³-hybridized carbons (Fsp3) is 0.478. The third kappa shape index (κ3) is 4.84. The Hall–Kier alpha value is -2.27. The van der Waals surface area contributed by atoms with E-state index < -0.39 is 21.9 Å². The lowest BCUT2D eigenvalue weighted by Crippen LogP contribution is -2.39. The molecule has 33 heavy (non-hydrogen) atoms. The Labute approximate surface area is 198 Å². The van der Waals surface area contributed by atoms with E-state index in [1.807, 2.05) is 7.05 Å². The van der Waals surface area contributed by atoms with Crippen molar-refractivity contribution < 1.29 is 22.7 Å². The van der Waals surface area contributed by atoms with Crippen LogP contribution >= 0.6 is 11.3 Å². The van der Waals surface area contributed by atoms with Crippen LogP contribution in [0.15, 0.2) is 29.2 Å². The smallest absolute Gasteiger partial charge is 0.341 e. The van der Waals surface area contributed by atoms with Crippen LogP contribution in [0.1, 0.15) is 50.9 Å². The molecule has 1 aromatic carbocycles. The number of thiophene rings is 1. The number of carbonyl (C=O) groups is 2. The fourth-order valence-corrected chi connectivity index (χ4v) is 7.31. The van der Waals surface area contributed by atoms with Gasteiger partial charge in [-0.25, -0.2) is 13.2 Å². The number of fused-ring (bicyclic) bond motifs is 1. The molecular weight excluding hydrogens is 462 g/mol. The number of esters is 1. The monoisotopic (exact) mass is 491 g/mol. The van der Waals surface area contributed by atoms with Crippen LogP contribution in [0.5, 0.6) is 0 Å². The van der Waals surface area contributed by atoms with Gasteiger partial charge in [0, 0.05) is 36.6 Å². The zero-order valence-corrected chi connectivity index (χ0v) is 20.7. The van der Waals surface area contributed by atoms with Gasteiger partial charge in [-0.05, 0) is 62.1 Å². The topological polar surface area (TPSA) is 96.0 Å². The maximum Gasteiger partial charge on any atom is 0.341 e. The predicted octanol–water partition coefficient (Wildman–Crippen LogP) is 3.20. The highest BCUT2D eigenvalue weighted by Crippen LogP contribution is 2.37. The van der Waals surface area contributed by atoms with Gasteiger partial charge in [0.15, 0.2) is 0 Å². The van der Waals surface area contributed by atoms with E-state index in [4.69, 9.17) is 4.74 Å². The second-order valence-electron chi connectivity index (χ2n) is 8.78. The van der Waals surface area contributed by atoms with Gasteiger partial charge in [-0.3, -0.25) is 4.79 Å². The van der Waals surface area contributed by atoms with Crippen LogP contribution in [0.3, 0.4) is 0 Å². The number of hydrogen-bond acceptors (Lipinski definition) is 7. The van der Waals surface area contributed by atoms with E-state index >= 15 is 0 Å². The SMILES string of the molecule is COC(=O)c1c(NC(=O)c2ccc(S(=O)(=O)N3CCCC(C)C3)cc2)sc2c1CCN(C)C2. The number of carbonyl (C=O) groups excluding carboxylic acids is 2.